The number of ether oxygens (including phenoxy) is 1. The fraction of sp³-hybridized carbons (Fsp3) is 0.0714. The van der Waals surface area contributed by atoms with Gasteiger partial charge in [-0.2, -0.15) is 0 Å². The number of fused-ring (bicyclic) bond motifs is 1. The number of hydrogen-bond donors (Lipinski definition) is 1. The summed E-state index contributed by atoms with van der Waals surface area (Å²) in [7, 11) is 1.60. The predicted octanol–water partition coefficient (Wildman–Crippen LogP) is 3.84. The zero-order valence-electron chi connectivity index (χ0n) is 10.2. The van der Waals surface area contributed by atoms with Gasteiger partial charge in [0.25, 0.3) is 0 Å². The number of aromatic nitrogens is 2. The molecule has 1 heterocycles. The van der Waals surface area contributed by atoms with Crippen LogP contribution in [0, 0.1) is 10.6 Å². The highest BCUT2D eigenvalue weighted by atomic mass is 32.1. The molecule has 0 amide bonds. The Balaban J connectivity index is 2.36. The van der Waals surface area contributed by atoms with Crippen molar-refractivity contribution in [3.63, 3.8) is 0 Å². The summed E-state index contributed by atoms with van der Waals surface area (Å²) >= 11 is 5.32. The quantitative estimate of drug-likeness (QED) is 0.720. The van der Waals surface area contributed by atoms with Crippen molar-refractivity contribution >= 4 is 23.3 Å². The van der Waals surface area contributed by atoms with Crippen molar-refractivity contribution < 1.29 is 9.13 Å². The van der Waals surface area contributed by atoms with Gasteiger partial charge in [-0.3, -0.25) is 4.57 Å². The van der Waals surface area contributed by atoms with Gasteiger partial charge >= 0.3 is 0 Å². The van der Waals surface area contributed by atoms with Crippen LogP contribution in [0.1, 0.15) is 0 Å². The highest BCUT2D eigenvalue weighted by molar-refractivity contribution is 7.71. The minimum Gasteiger partial charge on any atom is -0.494 e. The zero-order valence-corrected chi connectivity index (χ0v) is 11.0. The third kappa shape index (κ3) is 1.92. The molecule has 3 nitrogen and oxygen atoms in total. The number of nitrogens with zero attached hydrogens (tertiary/aromatic N) is 1. The maximum absolute atomic E-state index is 13.4. The van der Waals surface area contributed by atoms with Gasteiger partial charge in [0.2, 0.25) is 0 Å². The van der Waals surface area contributed by atoms with Gasteiger partial charge in [0.15, 0.2) is 4.77 Å². The molecule has 0 atom stereocenters. The second-order valence-electron chi connectivity index (χ2n) is 4.10. The lowest BCUT2D eigenvalue weighted by Crippen LogP contribution is -1.94. The van der Waals surface area contributed by atoms with Gasteiger partial charge < -0.3 is 9.72 Å². The molecule has 0 radical (unpaired) electrons. The first-order chi connectivity index (χ1) is 9.20. The maximum Gasteiger partial charge on any atom is 0.182 e. The number of imidazole rings is 1. The lowest BCUT2D eigenvalue weighted by molar-refractivity contribution is 0.419. The number of H-pyrrole nitrogens is 1. The van der Waals surface area contributed by atoms with Crippen LogP contribution >= 0.6 is 12.2 Å². The average molecular weight is 274 g/mol. The van der Waals surface area contributed by atoms with E-state index in [9.17, 15) is 4.39 Å². The van der Waals surface area contributed by atoms with E-state index in [1.165, 1.54) is 12.1 Å². The fourth-order valence-corrected chi connectivity index (χ4v) is 2.45. The Kier molecular flexibility index (Phi) is 2.83. The Morgan fingerprint density at radius 2 is 2.00 bits per heavy atom. The first-order valence-corrected chi connectivity index (χ1v) is 6.15. The molecule has 96 valence electrons. The van der Waals surface area contributed by atoms with Crippen LogP contribution in [0.4, 0.5) is 4.39 Å². The second-order valence-corrected chi connectivity index (χ2v) is 4.49. The molecule has 3 aromatic rings. The summed E-state index contributed by atoms with van der Waals surface area (Å²) < 4.78 is 20.9. The van der Waals surface area contributed by atoms with Crippen LogP contribution in [-0.4, -0.2) is 16.7 Å². The van der Waals surface area contributed by atoms with Crippen molar-refractivity contribution in [1.82, 2.24) is 9.55 Å². The van der Waals surface area contributed by atoms with Crippen molar-refractivity contribution in [2.45, 2.75) is 0 Å². The van der Waals surface area contributed by atoms with Crippen molar-refractivity contribution in [3.8, 4) is 11.4 Å². The first-order valence-electron chi connectivity index (χ1n) is 5.74. The van der Waals surface area contributed by atoms with Crippen LogP contribution in [0.3, 0.4) is 0 Å². The van der Waals surface area contributed by atoms with Gasteiger partial charge in [0, 0.05) is 0 Å². The predicted molar refractivity (Wildman–Crippen MR) is 75.0 cm³/mol. The molecule has 1 aromatic heterocycles. The molecule has 2 aromatic carbocycles. The molecule has 1 N–H and O–H groups in total. The van der Waals surface area contributed by atoms with Crippen molar-refractivity contribution in [2.75, 3.05) is 7.11 Å². The third-order valence-electron chi connectivity index (χ3n) is 2.97. The number of rotatable bonds is 2. The summed E-state index contributed by atoms with van der Waals surface area (Å²) in [5, 5.41) is 0. The van der Waals surface area contributed by atoms with E-state index < -0.39 is 0 Å². The standard InChI is InChI=1S/C14H11FN2OS/c1-18-12-7-3-6-11-13(12)16-14(19)17(11)10-5-2-4-9(15)8-10/h2-8H,1H3,(H,16,19). The van der Waals surface area contributed by atoms with Crippen LogP contribution < -0.4 is 4.74 Å². The van der Waals surface area contributed by atoms with E-state index in [1.54, 1.807) is 17.7 Å². The molecule has 3 rings (SSSR count). The lowest BCUT2D eigenvalue weighted by Gasteiger charge is -2.05. The Labute approximate surface area is 114 Å². The van der Waals surface area contributed by atoms with E-state index in [1.807, 2.05) is 24.3 Å². The highest BCUT2D eigenvalue weighted by Gasteiger charge is 2.10. The van der Waals surface area contributed by atoms with Crippen LogP contribution in [0.15, 0.2) is 42.5 Å². The smallest absolute Gasteiger partial charge is 0.182 e. The summed E-state index contributed by atoms with van der Waals surface area (Å²) in [5.41, 5.74) is 2.35. The molecule has 5 heteroatoms. The Bertz CT molecular complexity index is 807. The minimum atomic E-state index is -0.295. The van der Waals surface area contributed by atoms with Gasteiger partial charge in [-0.25, -0.2) is 4.39 Å². The molecule has 0 saturated heterocycles. The molecule has 19 heavy (non-hydrogen) atoms. The summed E-state index contributed by atoms with van der Waals surface area (Å²) in [5.74, 6) is 0.412. The second kappa shape index (κ2) is 4.51. The number of nitrogens with one attached hydrogen (secondary N) is 1. The monoisotopic (exact) mass is 274 g/mol. The highest BCUT2D eigenvalue weighted by Crippen LogP contribution is 2.27. The van der Waals surface area contributed by atoms with E-state index in [0.29, 0.717) is 16.2 Å². The summed E-state index contributed by atoms with van der Waals surface area (Å²) in [6, 6.07) is 12.0. The Morgan fingerprint density at radius 3 is 2.74 bits per heavy atom. The fourth-order valence-electron chi connectivity index (χ4n) is 2.15. The van der Waals surface area contributed by atoms with Gasteiger partial charge in [-0.1, -0.05) is 12.1 Å². The topological polar surface area (TPSA) is 29.9 Å². The molecule has 0 spiro atoms. The van der Waals surface area contributed by atoms with E-state index in [4.69, 9.17) is 17.0 Å². The minimum absolute atomic E-state index is 0.295. The largest absolute Gasteiger partial charge is 0.494 e. The third-order valence-corrected chi connectivity index (χ3v) is 3.25. The molecule has 0 bridgehead atoms. The Hall–Kier alpha value is -2.14. The first kappa shape index (κ1) is 11.9. The molecular formula is C14H11FN2OS. The van der Waals surface area contributed by atoms with E-state index in [-0.39, 0.29) is 5.82 Å². The molecule has 0 saturated carbocycles. The van der Waals surface area contributed by atoms with Crippen LogP contribution in [0.25, 0.3) is 16.7 Å². The van der Waals surface area contributed by atoms with Crippen LogP contribution in [0.5, 0.6) is 5.75 Å². The molecule has 0 aliphatic carbocycles. The van der Waals surface area contributed by atoms with Gasteiger partial charge in [0.1, 0.15) is 17.1 Å². The van der Waals surface area contributed by atoms with Crippen LogP contribution in [0.2, 0.25) is 0 Å². The lowest BCUT2D eigenvalue weighted by atomic mass is 10.2. The number of methoxy groups -OCH3 is 1. The van der Waals surface area contributed by atoms with Crippen molar-refractivity contribution in [1.29, 1.82) is 0 Å². The number of benzene rings is 2. The van der Waals surface area contributed by atoms with E-state index >= 15 is 0 Å². The average Bonchev–Trinajstić information content (AvgIpc) is 2.74. The number of halogens is 1. The Morgan fingerprint density at radius 1 is 1.21 bits per heavy atom. The van der Waals surface area contributed by atoms with Gasteiger partial charge in [-0.15, -0.1) is 0 Å². The van der Waals surface area contributed by atoms with E-state index in [2.05, 4.69) is 4.98 Å². The van der Waals surface area contributed by atoms with Crippen molar-refractivity contribution in [2.24, 2.45) is 0 Å². The zero-order chi connectivity index (χ0) is 13.4. The summed E-state index contributed by atoms with van der Waals surface area (Å²) in [6.07, 6.45) is 0. The number of aromatic amines is 1. The van der Waals surface area contributed by atoms with Crippen LogP contribution in [-0.2, 0) is 0 Å². The summed E-state index contributed by atoms with van der Waals surface area (Å²) in [4.78, 5) is 3.09. The summed E-state index contributed by atoms with van der Waals surface area (Å²) in [6.45, 7) is 0. The normalized spacial score (nSPS) is 10.8. The number of para-hydroxylation sites is 1. The molecular weight excluding hydrogens is 263 g/mol. The van der Waals surface area contributed by atoms with Gasteiger partial charge in [0.05, 0.1) is 18.3 Å². The van der Waals surface area contributed by atoms with Gasteiger partial charge in [-0.05, 0) is 42.5 Å². The molecule has 0 unspecified atom stereocenters. The SMILES string of the molecule is COc1cccc2c1[nH]c(=S)n2-c1cccc(F)c1. The van der Waals surface area contributed by atoms with E-state index in [0.717, 1.165) is 11.0 Å². The molecule has 0 aliphatic heterocycles. The maximum atomic E-state index is 13.4. The molecule has 0 fully saturated rings. The number of hydrogen-bond acceptors (Lipinski definition) is 2. The van der Waals surface area contributed by atoms with Crippen molar-refractivity contribution in [3.05, 3.63) is 53.1 Å². The molecule has 0 aliphatic rings.